The van der Waals surface area contributed by atoms with Gasteiger partial charge in [-0.3, -0.25) is 0 Å². The SMILES string of the molecule is Cc1ccc(C#N)c(NC2(C(=O)O)CCCCCC2)c1. The average Bonchev–Trinajstić information content (AvgIpc) is 2.66. The van der Waals surface area contributed by atoms with Crippen LogP contribution in [-0.4, -0.2) is 16.6 Å². The smallest absolute Gasteiger partial charge is 0.329 e. The minimum Gasteiger partial charge on any atom is -0.480 e. The van der Waals surface area contributed by atoms with Gasteiger partial charge in [-0.25, -0.2) is 4.79 Å². The van der Waals surface area contributed by atoms with Crippen molar-refractivity contribution >= 4 is 11.7 Å². The van der Waals surface area contributed by atoms with Crippen molar-refractivity contribution < 1.29 is 9.90 Å². The Kier molecular flexibility index (Phi) is 4.29. The Morgan fingerprint density at radius 1 is 1.30 bits per heavy atom. The van der Waals surface area contributed by atoms with Crippen LogP contribution in [0.15, 0.2) is 18.2 Å². The van der Waals surface area contributed by atoms with Gasteiger partial charge in [-0.2, -0.15) is 5.26 Å². The van der Waals surface area contributed by atoms with Crippen molar-refractivity contribution in [2.45, 2.75) is 51.0 Å². The van der Waals surface area contributed by atoms with E-state index in [0.29, 0.717) is 24.1 Å². The van der Waals surface area contributed by atoms with E-state index in [1.165, 1.54) is 0 Å². The van der Waals surface area contributed by atoms with Gasteiger partial charge >= 0.3 is 5.97 Å². The third kappa shape index (κ3) is 2.93. The fourth-order valence-electron chi connectivity index (χ4n) is 2.84. The van der Waals surface area contributed by atoms with Gasteiger partial charge in [0.1, 0.15) is 11.6 Å². The van der Waals surface area contributed by atoms with Crippen LogP contribution in [0.5, 0.6) is 0 Å². The highest BCUT2D eigenvalue weighted by Gasteiger charge is 2.39. The fourth-order valence-corrected chi connectivity index (χ4v) is 2.84. The highest BCUT2D eigenvalue weighted by molar-refractivity contribution is 5.83. The summed E-state index contributed by atoms with van der Waals surface area (Å²) < 4.78 is 0. The summed E-state index contributed by atoms with van der Waals surface area (Å²) in [6.45, 7) is 1.94. The second kappa shape index (κ2) is 5.96. The lowest BCUT2D eigenvalue weighted by molar-refractivity contribution is -0.142. The Morgan fingerprint density at radius 2 is 1.95 bits per heavy atom. The number of carbonyl (C=O) groups is 1. The Morgan fingerprint density at radius 3 is 2.50 bits per heavy atom. The molecule has 1 aromatic carbocycles. The number of nitriles is 1. The summed E-state index contributed by atoms with van der Waals surface area (Å²) in [5.41, 5.74) is 1.22. The molecule has 2 N–H and O–H groups in total. The number of aryl methyl sites for hydroxylation is 1. The summed E-state index contributed by atoms with van der Waals surface area (Å²) in [5, 5.41) is 22.0. The average molecular weight is 272 g/mol. The largest absolute Gasteiger partial charge is 0.480 e. The third-order valence-corrected chi connectivity index (χ3v) is 4.04. The number of carboxylic acid groups (broad SMARTS) is 1. The molecular weight excluding hydrogens is 252 g/mol. The molecule has 0 aromatic heterocycles. The number of aliphatic carboxylic acids is 1. The first-order valence-corrected chi connectivity index (χ1v) is 7.10. The van der Waals surface area contributed by atoms with Crippen LogP contribution < -0.4 is 5.32 Å². The van der Waals surface area contributed by atoms with Crippen LogP contribution in [-0.2, 0) is 4.79 Å². The van der Waals surface area contributed by atoms with Gasteiger partial charge in [0.05, 0.1) is 11.3 Å². The first-order chi connectivity index (χ1) is 9.57. The number of anilines is 1. The van der Waals surface area contributed by atoms with E-state index in [2.05, 4.69) is 11.4 Å². The minimum atomic E-state index is -0.935. The van der Waals surface area contributed by atoms with Crippen molar-refractivity contribution in [1.29, 1.82) is 5.26 Å². The number of nitrogens with one attached hydrogen (secondary N) is 1. The molecule has 0 amide bonds. The molecule has 1 aromatic rings. The predicted octanol–water partition coefficient (Wildman–Crippen LogP) is 3.46. The number of hydrogen-bond donors (Lipinski definition) is 2. The molecule has 1 fully saturated rings. The van der Waals surface area contributed by atoms with Crippen molar-refractivity contribution in [3.63, 3.8) is 0 Å². The number of hydrogen-bond acceptors (Lipinski definition) is 3. The van der Waals surface area contributed by atoms with Crippen LogP contribution in [0.2, 0.25) is 0 Å². The second-order valence-corrected chi connectivity index (χ2v) is 5.59. The lowest BCUT2D eigenvalue weighted by Gasteiger charge is -2.31. The fraction of sp³-hybridized carbons (Fsp3) is 0.500. The van der Waals surface area contributed by atoms with Crippen LogP contribution in [0, 0.1) is 18.3 Å². The molecule has 0 unspecified atom stereocenters. The Balaban J connectivity index is 2.35. The molecule has 1 aliphatic carbocycles. The van der Waals surface area contributed by atoms with Crippen LogP contribution in [0.4, 0.5) is 5.69 Å². The van der Waals surface area contributed by atoms with Crippen molar-refractivity contribution in [3.8, 4) is 6.07 Å². The van der Waals surface area contributed by atoms with E-state index in [0.717, 1.165) is 31.2 Å². The van der Waals surface area contributed by atoms with Crippen molar-refractivity contribution in [3.05, 3.63) is 29.3 Å². The van der Waals surface area contributed by atoms with E-state index >= 15 is 0 Å². The third-order valence-electron chi connectivity index (χ3n) is 4.04. The number of carboxylic acids is 1. The van der Waals surface area contributed by atoms with Gasteiger partial charge in [-0.15, -0.1) is 0 Å². The molecule has 0 bridgehead atoms. The maximum absolute atomic E-state index is 11.8. The van der Waals surface area contributed by atoms with Crippen molar-refractivity contribution in [2.24, 2.45) is 0 Å². The van der Waals surface area contributed by atoms with Crippen molar-refractivity contribution in [2.75, 3.05) is 5.32 Å². The van der Waals surface area contributed by atoms with Crippen molar-refractivity contribution in [1.82, 2.24) is 0 Å². The highest BCUT2D eigenvalue weighted by Crippen LogP contribution is 2.32. The summed E-state index contributed by atoms with van der Waals surface area (Å²) >= 11 is 0. The summed E-state index contributed by atoms with van der Waals surface area (Å²) in [7, 11) is 0. The molecule has 4 nitrogen and oxygen atoms in total. The maximum Gasteiger partial charge on any atom is 0.329 e. The monoisotopic (exact) mass is 272 g/mol. The quantitative estimate of drug-likeness (QED) is 0.826. The molecule has 106 valence electrons. The van der Waals surface area contributed by atoms with E-state index in [1.807, 2.05) is 19.1 Å². The Labute approximate surface area is 119 Å². The van der Waals surface area contributed by atoms with Crippen LogP contribution >= 0.6 is 0 Å². The summed E-state index contributed by atoms with van der Waals surface area (Å²) in [6, 6.07) is 7.59. The normalized spacial score (nSPS) is 17.8. The molecule has 0 saturated heterocycles. The Hall–Kier alpha value is -2.02. The summed E-state index contributed by atoms with van der Waals surface area (Å²) in [5.74, 6) is -0.815. The summed E-state index contributed by atoms with van der Waals surface area (Å²) in [6.07, 6.45) is 5.20. The standard InChI is InChI=1S/C16H20N2O2/c1-12-6-7-13(11-17)14(10-12)18-16(15(19)20)8-4-2-3-5-9-16/h6-7,10,18H,2-5,8-9H2,1H3,(H,19,20). The van der Waals surface area contributed by atoms with E-state index in [1.54, 1.807) is 6.07 Å². The van der Waals surface area contributed by atoms with Gasteiger partial charge in [0, 0.05) is 0 Å². The first kappa shape index (κ1) is 14.4. The number of rotatable bonds is 3. The van der Waals surface area contributed by atoms with Gasteiger partial charge in [0.15, 0.2) is 0 Å². The lowest BCUT2D eigenvalue weighted by atomic mass is 9.89. The molecule has 0 atom stereocenters. The number of nitrogens with zero attached hydrogens (tertiary/aromatic N) is 1. The van der Waals surface area contributed by atoms with Crippen LogP contribution in [0.25, 0.3) is 0 Å². The molecule has 1 saturated carbocycles. The van der Waals surface area contributed by atoms with Gasteiger partial charge in [-0.1, -0.05) is 31.7 Å². The van der Waals surface area contributed by atoms with Gasteiger partial charge in [-0.05, 0) is 37.5 Å². The first-order valence-electron chi connectivity index (χ1n) is 7.10. The molecule has 1 aliphatic rings. The molecule has 0 radical (unpaired) electrons. The molecular formula is C16H20N2O2. The minimum absolute atomic E-state index is 0.500. The second-order valence-electron chi connectivity index (χ2n) is 5.59. The molecule has 0 heterocycles. The van der Waals surface area contributed by atoms with Crippen LogP contribution in [0.1, 0.15) is 49.7 Å². The lowest BCUT2D eigenvalue weighted by Crippen LogP contribution is -2.46. The zero-order valence-corrected chi connectivity index (χ0v) is 11.8. The molecule has 2 rings (SSSR count). The van der Waals surface area contributed by atoms with Gasteiger partial charge < -0.3 is 10.4 Å². The van der Waals surface area contributed by atoms with E-state index in [-0.39, 0.29) is 0 Å². The Bertz CT molecular complexity index is 538. The molecule has 0 aliphatic heterocycles. The summed E-state index contributed by atoms with van der Waals surface area (Å²) in [4.78, 5) is 11.8. The molecule has 0 spiro atoms. The van der Waals surface area contributed by atoms with E-state index in [4.69, 9.17) is 0 Å². The highest BCUT2D eigenvalue weighted by atomic mass is 16.4. The van der Waals surface area contributed by atoms with Gasteiger partial charge in [0.2, 0.25) is 0 Å². The number of benzene rings is 1. The van der Waals surface area contributed by atoms with Crippen LogP contribution in [0.3, 0.4) is 0 Å². The zero-order chi connectivity index (χ0) is 14.6. The maximum atomic E-state index is 11.8. The van der Waals surface area contributed by atoms with Gasteiger partial charge in [0.25, 0.3) is 0 Å². The van der Waals surface area contributed by atoms with E-state index in [9.17, 15) is 15.2 Å². The van der Waals surface area contributed by atoms with E-state index < -0.39 is 11.5 Å². The molecule has 4 heteroatoms. The molecule has 20 heavy (non-hydrogen) atoms. The predicted molar refractivity (Wildman–Crippen MR) is 77.6 cm³/mol. The topological polar surface area (TPSA) is 73.1 Å². The zero-order valence-electron chi connectivity index (χ0n) is 11.8.